The van der Waals surface area contributed by atoms with Crippen LogP contribution in [-0.4, -0.2) is 17.6 Å². The highest BCUT2D eigenvalue weighted by molar-refractivity contribution is 5.99. The molecule has 1 aliphatic rings. The van der Waals surface area contributed by atoms with Crippen molar-refractivity contribution in [3.05, 3.63) is 23.8 Å². The van der Waals surface area contributed by atoms with Gasteiger partial charge in [-0.1, -0.05) is 6.92 Å². The monoisotopic (exact) mass is 234 g/mol. The highest BCUT2D eigenvalue weighted by Gasteiger charge is 2.28. The maximum Gasteiger partial charge on any atom is 0.253 e. The molecule has 1 aliphatic carbocycles. The third kappa shape index (κ3) is 2.90. The first-order valence-corrected chi connectivity index (χ1v) is 5.94. The largest absolute Gasteiger partial charge is 0.508 e. The van der Waals surface area contributed by atoms with Crippen molar-refractivity contribution >= 4 is 11.6 Å². The Morgan fingerprint density at radius 1 is 1.59 bits per heavy atom. The Bertz CT molecular complexity index is 427. The molecular formula is C13H18N2O2. The van der Waals surface area contributed by atoms with Crippen LogP contribution >= 0.6 is 0 Å². The van der Waals surface area contributed by atoms with Gasteiger partial charge in [0.05, 0.1) is 5.56 Å². The number of aromatic hydroxyl groups is 1. The van der Waals surface area contributed by atoms with Crippen molar-refractivity contribution in [2.24, 2.45) is 11.8 Å². The van der Waals surface area contributed by atoms with Crippen LogP contribution in [0, 0.1) is 11.8 Å². The van der Waals surface area contributed by atoms with Crippen molar-refractivity contribution in [1.82, 2.24) is 5.32 Å². The second kappa shape index (κ2) is 4.65. The Kier molecular flexibility index (Phi) is 3.22. The van der Waals surface area contributed by atoms with Crippen molar-refractivity contribution in [1.29, 1.82) is 0 Å². The van der Waals surface area contributed by atoms with Crippen LogP contribution in [-0.2, 0) is 0 Å². The van der Waals surface area contributed by atoms with Gasteiger partial charge < -0.3 is 16.2 Å². The second-order valence-corrected chi connectivity index (χ2v) is 4.80. The molecule has 0 aromatic heterocycles. The molecule has 1 fully saturated rings. The lowest BCUT2D eigenvalue weighted by atomic mass is 10.1. The average molecular weight is 234 g/mol. The van der Waals surface area contributed by atoms with E-state index in [2.05, 4.69) is 12.2 Å². The molecule has 1 unspecified atom stereocenters. The Balaban J connectivity index is 1.96. The van der Waals surface area contributed by atoms with Gasteiger partial charge in [-0.15, -0.1) is 0 Å². The molecule has 1 aromatic rings. The number of nitrogen functional groups attached to an aromatic ring is 1. The Morgan fingerprint density at radius 2 is 2.29 bits per heavy atom. The van der Waals surface area contributed by atoms with Gasteiger partial charge >= 0.3 is 0 Å². The van der Waals surface area contributed by atoms with Crippen LogP contribution in [0.25, 0.3) is 0 Å². The van der Waals surface area contributed by atoms with Gasteiger partial charge in [0.1, 0.15) is 5.75 Å². The fourth-order valence-electron chi connectivity index (χ4n) is 1.92. The van der Waals surface area contributed by atoms with E-state index in [1.165, 1.54) is 31.0 Å². The second-order valence-electron chi connectivity index (χ2n) is 4.80. The molecule has 1 atom stereocenters. The Morgan fingerprint density at radius 3 is 2.94 bits per heavy atom. The maximum atomic E-state index is 11.9. The molecule has 0 bridgehead atoms. The number of carbonyl (C=O) groups excluding carboxylic acids is 1. The minimum Gasteiger partial charge on any atom is -0.508 e. The van der Waals surface area contributed by atoms with Crippen molar-refractivity contribution in [2.45, 2.75) is 19.8 Å². The van der Waals surface area contributed by atoms with E-state index in [-0.39, 0.29) is 11.7 Å². The van der Waals surface area contributed by atoms with E-state index in [4.69, 9.17) is 5.73 Å². The molecular weight excluding hydrogens is 216 g/mol. The van der Waals surface area contributed by atoms with E-state index < -0.39 is 0 Å². The quantitative estimate of drug-likeness (QED) is 0.549. The zero-order valence-electron chi connectivity index (χ0n) is 9.94. The Hall–Kier alpha value is -1.71. The lowest BCUT2D eigenvalue weighted by molar-refractivity contribution is 0.0947. The van der Waals surface area contributed by atoms with Gasteiger partial charge in [0.2, 0.25) is 0 Å². The zero-order chi connectivity index (χ0) is 12.4. The van der Waals surface area contributed by atoms with E-state index in [1.54, 1.807) is 0 Å². The molecule has 1 aromatic carbocycles. The number of nitrogens with two attached hydrogens (primary N) is 1. The molecule has 1 amide bonds. The van der Waals surface area contributed by atoms with Crippen molar-refractivity contribution < 1.29 is 9.90 Å². The van der Waals surface area contributed by atoms with Gasteiger partial charge in [-0.25, -0.2) is 0 Å². The number of hydrogen-bond acceptors (Lipinski definition) is 3. The number of nitrogens with one attached hydrogen (secondary N) is 1. The number of hydrogen-bond donors (Lipinski definition) is 3. The smallest absolute Gasteiger partial charge is 0.253 e. The van der Waals surface area contributed by atoms with E-state index >= 15 is 0 Å². The number of carbonyl (C=O) groups is 1. The summed E-state index contributed by atoms with van der Waals surface area (Å²) in [5.74, 6) is 1.11. The van der Waals surface area contributed by atoms with Crippen molar-refractivity contribution in [3.63, 3.8) is 0 Å². The first-order chi connectivity index (χ1) is 8.08. The molecule has 2 rings (SSSR count). The number of amides is 1. The van der Waals surface area contributed by atoms with E-state index in [1.807, 2.05) is 0 Å². The van der Waals surface area contributed by atoms with Gasteiger partial charge in [0, 0.05) is 12.2 Å². The van der Waals surface area contributed by atoms with Gasteiger partial charge in [0.25, 0.3) is 5.91 Å². The van der Waals surface area contributed by atoms with Crippen LogP contribution in [0.1, 0.15) is 30.1 Å². The molecule has 17 heavy (non-hydrogen) atoms. The minimum atomic E-state index is -0.217. The van der Waals surface area contributed by atoms with Crippen LogP contribution in [0.5, 0.6) is 5.75 Å². The van der Waals surface area contributed by atoms with E-state index in [0.717, 1.165) is 5.92 Å². The summed E-state index contributed by atoms with van der Waals surface area (Å²) in [6.45, 7) is 2.81. The highest BCUT2D eigenvalue weighted by atomic mass is 16.3. The van der Waals surface area contributed by atoms with Gasteiger partial charge in [-0.2, -0.15) is 0 Å². The number of benzene rings is 1. The standard InChI is InChI=1S/C13H18N2O2/c1-8(9-2-3-9)7-15-13(17)11-6-10(16)4-5-12(11)14/h4-6,8-9,16H,2-3,7,14H2,1H3,(H,15,17). The predicted molar refractivity (Wildman–Crippen MR) is 66.7 cm³/mol. The van der Waals surface area contributed by atoms with Crippen molar-refractivity contribution in [2.75, 3.05) is 12.3 Å². The normalized spacial score (nSPS) is 16.5. The first kappa shape index (κ1) is 11.8. The molecule has 92 valence electrons. The lowest BCUT2D eigenvalue weighted by Crippen LogP contribution is -2.29. The molecule has 0 aliphatic heterocycles. The summed E-state index contributed by atoms with van der Waals surface area (Å²) < 4.78 is 0. The van der Waals surface area contributed by atoms with Crippen molar-refractivity contribution in [3.8, 4) is 5.75 Å². The first-order valence-electron chi connectivity index (χ1n) is 5.94. The number of rotatable bonds is 4. The summed E-state index contributed by atoms with van der Waals surface area (Å²) in [6.07, 6.45) is 2.54. The SMILES string of the molecule is CC(CNC(=O)c1cc(O)ccc1N)C1CC1. The fraction of sp³-hybridized carbons (Fsp3) is 0.462. The third-order valence-corrected chi connectivity index (χ3v) is 3.29. The molecule has 4 N–H and O–H groups in total. The van der Waals surface area contributed by atoms with Crippen LogP contribution in [0.2, 0.25) is 0 Å². The summed E-state index contributed by atoms with van der Waals surface area (Å²) in [4.78, 5) is 11.9. The number of anilines is 1. The summed E-state index contributed by atoms with van der Waals surface area (Å²) in [5, 5.41) is 12.2. The van der Waals surface area contributed by atoms with Crippen LogP contribution < -0.4 is 11.1 Å². The fourth-order valence-corrected chi connectivity index (χ4v) is 1.92. The summed E-state index contributed by atoms with van der Waals surface area (Å²) in [7, 11) is 0. The summed E-state index contributed by atoms with van der Waals surface area (Å²) in [5.41, 5.74) is 6.43. The van der Waals surface area contributed by atoms with Gasteiger partial charge in [0.15, 0.2) is 0 Å². The zero-order valence-corrected chi connectivity index (χ0v) is 9.94. The molecule has 4 nitrogen and oxygen atoms in total. The predicted octanol–water partition coefficient (Wildman–Crippen LogP) is 1.75. The number of phenols is 1. The van der Waals surface area contributed by atoms with Crippen LogP contribution in [0.3, 0.4) is 0 Å². The third-order valence-electron chi connectivity index (χ3n) is 3.29. The van der Waals surface area contributed by atoms with E-state index in [0.29, 0.717) is 23.7 Å². The van der Waals surface area contributed by atoms with Gasteiger partial charge in [-0.3, -0.25) is 4.79 Å². The molecule has 0 radical (unpaired) electrons. The summed E-state index contributed by atoms with van der Waals surface area (Å²) in [6, 6.07) is 4.40. The Labute approximate surface area is 101 Å². The molecule has 1 saturated carbocycles. The molecule has 4 heteroatoms. The highest BCUT2D eigenvalue weighted by Crippen LogP contribution is 2.36. The lowest BCUT2D eigenvalue weighted by Gasteiger charge is -2.12. The molecule has 0 heterocycles. The average Bonchev–Trinajstić information content (AvgIpc) is 3.12. The summed E-state index contributed by atoms with van der Waals surface area (Å²) >= 11 is 0. The minimum absolute atomic E-state index is 0.0552. The van der Waals surface area contributed by atoms with E-state index in [9.17, 15) is 9.90 Å². The number of phenolic OH excluding ortho intramolecular Hbond substituents is 1. The molecule has 0 spiro atoms. The van der Waals surface area contributed by atoms with Gasteiger partial charge in [-0.05, 0) is 42.9 Å². The topological polar surface area (TPSA) is 75.3 Å². The maximum absolute atomic E-state index is 11.9. The van der Waals surface area contributed by atoms with Crippen LogP contribution in [0.15, 0.2) is 18.2 Å². The van der Waals surface area contributed by atoms with Crippen LogP contribution in [0.4, 0.5) is 5.69 Å². The molecule has 0 saturated heterocycles.